The molecular formula is C20H20F3NO4. The van der Waals surface area contributed by atoms with Crippen LogP contribution in [0.3, 0.4) is 0 Å². The van der Waals surface area contributed by atoms with E-state index in [2.05, 4.69) is 5.32 Å². The van der Waals surface area contributed by atoms with Crippen LogP contribution in [0.25, 0.3) is 11.3 Å². The Morgan fingerprint density at radius 1 is 1.18 bits per heavy atom. The van der Waals surface area contributed by atoms with Gasteiger partial charge in [-0.2, -0.15) is 13.2 Å². The molecule has 1 saturated carbocycles. The van der Waals surface area contributed by atoms with Crippen LogP contribution in [0.15, 0.2) is 40.8 Å². The fourth-order valence-electron chi connectivity index (χ4n) is 3.11. The Bertz CT molecular complexity index is 853. The highest BCUT2D eigenvalue weighted by molar-refractivity contribution is 5.90. The lowest BCUT2D eigenvalue weighted by Crippen LogP contribution is -2.40. The van der Waals surface area contributed by atoms with Crippen LogP contribution in [-0.2, 0) is 15.7 Å². The van der Waals surface area contributed by atoms with Crippen molar-refractivity contribution < 1.29 is 31.9 Å². The first-order valence-corrected chi connectivity index (χ1v) is 9.03. The summed E-state index contributed by atoms with van der Waals surface area (Å²) >= 11 is 0. The number of halogens is 3. The van der Waals surface area contributed by atoms with Crippen molar-refractivity contribution in [3.63, 3.8) is 0 Å². The molecule has 0 radical (unpaired) electrons. The number of carbonyl (C=O) groups excluding carboxylic acids is 2. The Balaban J connectivity index is 1.64. The Kier molecular flexibility index (Phi) is 5.76. The number of ether oxygens (including phenoxy) is 1. The molecule has 28 heavy (non-hydrogen) atoms. The molecule has 1 aromatic carbocycles. The van der Waals surface area contributed by atoms with Crippen molar-refractivity contribution in [3.8, 4) is 11.3 Å². The summed E-state index contributed by atoms with van der Waals surface area (Å²) < 4.78 is 49.0. The second-order valence-corrected chi connectivity index (χ2v) is 6.78. The van der Waals surface area contributed by atoms with Crippen molar-refractivity contribution in [2.45, 2.75) is 50.9 Å². The number of carbonyl (C=O) groups is 2. The maximum absolute atomic E-state index is 12.8. The lowest BCUT2D eigenvalue weighted by Gasteiger charge is -2.16. The molecule has 150 valence electrons. The molecule has 1 heterocycles. The summed E-state index contributed by atoms with van der Waals surface area (Å²) in [6.45, 7) is 1.46. The molecule has 1 fully saturated rings. The van der Waals surface area contributed by atoms with Crippen molar-refractivity contribution in [3.05, 3.63) is 47.7 Å². The first-order valence-electron chi connectivity index (χ1n) is 9.03. The highest BCUT2D eigenvalue weighted by Crippen LogP contribution is 2.32. The van der Waals surface area contributed by atoms with Crippen molar-refractivity contribution in [1.82, 2.24) is 5.32 Å². The summed E-state index contributed by atoms with van der Waals surface area (Å²) in [4.78, 5) is 24.3. The molecule has 1 amide bonds. The standard InChI is InChI=1S/C20H20F3NO4/c1-12(18(25)24-15-7-2-3-8-15)27-19(26)17-10-9-16(28-17)13-5-4-6-14(11-13)20(21,22)23/h4-6,9-12,15H,2-3,7-8H2,1H3,(H,24,25). The molecule has 0 bridgehead atoms. The highest BCUT2D eigenvalue weighted by atomic mass is 19.4. The summed E-state index contributed by atoms with van der Waals surface area (Å²) in [7, 11) is 0. The van der Waals surface area contributed by atoms with Crippen LogP contribution < -0.4 is 5.32 Å². The average Bonchev–Trinajstić information content (AvgIpc) is 3.33. The highest BCUT2D eigenvalue weighted by Gasteiger charge is 2.31. The van der Waals surface area contributed by atoms with Crippen molar-refractivity contribution in [2.24, 2.45) is 0 Å². The van der Waals surface area contributed by atoms with E-state index in [1.807, 2.05) is 0 Å². The molecule has 0 spiro atoms. The van der Waals surface area contributed by atoms with Crippen LogP contribution in [0.1, 0.15) is 48.7 Å². The van der Waals surface area contributed by atoms with Crippen LogP contribution in [0.5, 0.6) is 0 Å². The van der Waals surface area contributed by atoms with Gasteiger partial charge in [0.2, 0.25) is 5.76 Å². The average molecular weight is 395 g/mol. The van der Waals surface area contributed by atoms with Gasteiger partial charge in [-0.05, 0) is 44.0 Å². The van der Waals surface area contributed by atoms with Crippen molar-refractivity contribution >= 4 is 11.9 Å². The van der Waals surface area contributed by atoms with Gasteiger partial charge in [-0.15, -0.1) is 0 Å². The number of furan rings is 1. The number of amides is 1. The second kappa shape index (κ2) is 8.08. The van der Waals surface area contributed by atoms with Gasteiger partial charge < -0.3 is 14.5 Å². The van der Waals surface area contributed by atoms with Gasteiger partial charge in [0.25, 0.3) is 5.91 Å². The third-order valence-corrected chi connectivity index (χ3v) is 4.64. The molecule has 5 nitrogen and oxygen atoms in total. The Morgan fingerprint density at radius 2 is 1.89 bits per heavy atom. The van der Waals surface area contributed by atoms with Crippen LogP contribution in [0, 0.1) is 0 Å². The van der Waals surface area contributed by atoms with Gasteiger partial charge in [0.05, 0.1) is 5.56 Å². The lowest BCUT2D eigenvalue weighted by molar-refractivity contribution is -0.137. The predicted octanol–water partition coefficient (Wildman–Crippen LogP) is 4.57. The summed E-state index contributed by atoms with van der Waals surface area (Å²) in [5, 5.41) is 2.83. The van der Waals surface area contributed by atoms with E-state index in [0.29, 0.717) is 0 Å². The maximum Gasteiger partial charge on any atom is 0.416 e. The van der Waals surface area contributed by atoms with Crippen LogP contribution in [0.4, 0.5) is 13.2 Å². The van der Waals surface area contributed by atoms with Gasteiger partial charge in [-0.25, -0.2) is 4.79 Å². The number of alkyl halides is 3. The zero-order valence-corrected chi connectivity index (χ0v) is 15.2. The third-order valence-electron chi connectivity index (χ3n) is 4.64. The number of esters is 1. The van der Waals surface area contributed by atoms with E-state index in [1.165, 1.54) is 31.2 Å². The van der Waals surface area contributed by atoms with Gasteiger partial charge in [0.15, 0.2) is 6.10 Å². The summed E-state index contributed by atoms with van der Waals surface area (Å²) in [5.41, 5.74) is -0.636. The predicted molar refractivity (Wildman–Crippen MR) is 94.4 cm³/mol. The van der Waals surface area contributed by atoms with E-state index in [4.69, 9.17) is 9.15 Å². The summed E-state index contributed by atoms with van der Waals surface area (Å²) in [6.07, 6.45) is -1.55. The second-order valence-electron chi connectivity index (χ2n) is 6.78. The first kappa shape index (κ1) is 20.0. The number of benzene rings is 1. The van der Waals surface area contributed by atoms with E-state index >= 15 is 0 Å². The molecule has 2 aromatic rings. The first-order chi connectivity index (χ1) is 13.2. The normalized spacial score (nSPS) is 16.0. The third kappa shape index (κ3) is 4.74. The van der Waals surface area contributed by atoms with Gasteiger partial charge in [-0.1, -0.05) is 25.0 Å². The maximum atomic E-state index is 12.8. The number of nitrogens with one attached hydrogen (secondary N) is 1. The molecule has 1 aromatic heterocycles. The largest absolute Gasteiger partial charge is 0.449 e. The van der Waals surface area contributed by atoms with Crippen LogP contribution in [-0.4, -0.2) is 24.0 Å². The zero-order valence-electron chi connectivity index (χ0n) is 15.2. The molecule has 1 unspecified atom stereocenters. The molecular weight excluding hydrogens is 375 g/mol. The summed E-state index contributed by atoms with van der Waals surface area (Å²) in [5.74, 6) is -1.33. The van der Waals surface area contributed by atoms with E-state index in [1.54, 1.807) is 0 Å². The van der Waals surface area contributed by atoms with E-state index in [-0.39, 0.29) is 29.0 Å². The van der Waals surface area contributed by atoms with Crippen LogP contribution in [0.2, 0.25) is 0 Å². The number of rotatable bonds is 5. The van der Waals surface area contributed by atoms with Gasteiger partial charge in [0.1, 0.15) is 5.76 Å². The molecule has 1 N–H and O–H groups in total. The van der Waals surface area contributed by atoms with Gasteiger partial charge in [-0.3, -0.25) is 4.79 Å². The Hall–Kier alpha value is -2.77. The SMILES string of the molecule is CC(OC(=O)c1ccc(-c2cccc(C(F)(F)F)c2)o1)C(=O)NC1CCCC1. The minimum Gasteiger partial charge on any atom is -0.449 e. The van der Waals surface area contributed by atoms with Crippen molar-refractivity contribution in [1.29, 1.82) is 0 Å². The number of hydrogen-bond donors (Lipinski definition) is 1. The van der Waals surface area contributed by atoms with Crippen LogP contribution >= 0.6 is 0 Å². The Morgan fingerprint density at radius 3 is 2.57 bits per heavy atom. The molecule has 3 rings (SSSR count). The number of hydrogen-bond acceptors (Lipinski definition) is 4. The molecule has 1 aliphatic carbocycles. The Labute approximate surface area is 159 Å². The minimum absolute atomic E-state index is 0.0983. The van der Waals surface area contributed by atoms with Gasteiger partial charge >= 0.3 is 12.1 Å². The molecule has 8 heteroatoms. The van der Waals surface area contributed by atoms with E-state index in [9.17, 15) is 22.8 Å². The topological polar surface area (TPSA) is 68.5 Å². The quantitative estimate of drug-likeness (QED) is 0.753. The fourth-order valence-corrected chi connectivity index (χ4v) is 3.11. The molecule has 1 atom stereocenters. The minimum atomic E-state index is -4.48. The summed E-state index contributed by atoms with van der Waals surface area (Å²) in [6, 6.07) is 7.38. The van der Waals surface area contributed by atoms with E-state index in [0.717, 1.165) is 37.8 Å². The zero-order chi connectivity index (χ0) is 20.3. The van der Waals surface area contributed by atoms with Crippen molar-refractivity contribution in [2.75, 3.05) is 0 Å². The molecule has 0 aliphatic heterocycles. The molecule has 1 aliphatic rings. The fraction of sp³-hybridized carbons (Fsp3) is 0.400. The van der Waals surface area contributed by atoms with E-state index < -0.39 is 23.8 Å². The molecule has 0 saturated heterocycles. The lowest BCUT2D eigenvalue weighted by atomic mass is 10.1. The monoisotopic (exact) mass is 395 g/mol. The smallest absolute Gasteiger partial charge is 0.416 e. The van der Waals surface area contributed by atoms with Gasteiger partial charge in [0, 0.05) is 11.6 Å².